The second-order valence-electron chi connectivity index (χ2n) is 8.60. The number of hydrogen-bond acceptors (Lipinski definition) is 8. The summed E-state index contributed by atoms with van der Waals surface area (Å²) in [6.45, 7) is 0.319. The van der Waals surface area contributed by atoms with Crippen LogP contribution in [0.3, 0.4) is 0 Å². The molecule has 0 spiro atoms. The molecule has 1 heterocycles. The van der Waals surface area contributed by atoms with E-state index in [0.29, 0.717) is 25.5 Å². The van der Waals surface area contributed by atoms with E-state index >= 15 is 0 Å². The molecule has 200 valence electrons. The molecule has 0 aliphatic heterocycles. The highest BCUT2D eigenvalue weighted by Gasteiger charge is 2.25. The van der Waals surface area contributed by atoms with Gasteiger partial charge < -0.3 is 19.8 Å². The first kappa shape index (κ1) is 29.2. The first-order chi connectivity index (χ1) is 17.2. The molecule has 1 aromatic heterocycles. The minimum absolute atomic E-state index is 0.0338. The summed E-state index contributed by atoms with van der Waals surface area (Å²) in [6.07, 6.45) is 10.1. The van der Waals surface area contributed by atoms with Crippen LogP contribution in [0, 0.1) is 0 Å². The van der Waals surface area contributed by atoms with Crippen LogP contribution in [0.15, 0.2) is 41.3 Å². The third-order valence-electron chi connectivity index (χ3n) is 5.61. The number of aromatic nitrogens is 1. The molecule has 3 N–H and O–H groups in total. The average Bonchev–Trinajstić information content (AvgIpc) is 3.12. The van der Waals surface area contributed by atoms with Gasteiger partial charge in [0.2, 0.25) is 5.88 Å². The Hall–Kier alpha value is -3.05. The molecule has 0 radical (unpaired) electrons. The van der Waals surface area contributed by atoms with Crippen molar-refractivity contribution in [2.24, 2.45) is 0 Å². The van der Waals surface area contributed by atoms with E-state index in [0.717, 1.165) is 63.4 Å². The molecular formula is C25H35NO9S. The molecule has 0 saturated carbocycles. The molecule has 36 heavy (non-hydrogen) atoms. The van der Waals surface area contributed by atoms with Crippen LogP contribution in [-0.4, -0.2) is 39.9 Å². The molecule has 0 atom stereocenters. The first-order valence-electron chi connectivity index (χ1n) is 12.2. The Morgan fingerprint density at radius 1 is 0.778 bits per heavy atom. The van der Waals surface area contributed by atoms with Crippen molar-refractivity contribution < 1.29 is 42.3 Å². The molecule has 0 aliphatic rings. The van der Waals surface area contributed by atoms with Gasteiger partial charge in [0.05, 0.1) is 0 Å². The number of hydrogen-bond donors (Lipinski definition) is 3. The Morgan fingerprint density at radius 2 is 1.28 bits per heavy atom. The SMILES string of the molecule is O=C(CCCCCCCCCCCCC(=O)On1c(O)cc(S(=O)(=O)O)c1O)OCc1ccccc1. The van der Waals surface area contributed by atoms with Gasteiger partial charge in [-0.1, -0.05) is 81.7 Å². The van der Waals surface area contributed by atoms with Crippen molar-refractivity contribution in [2.45, 2.75) is 88.6 Å². The number of rotatable bonds is 17. The topological polar surface area (TPSA) is 152 Å². The zero-order valence-electron chi connectivity index (χ0n) is 20.3. The van der Waals surface area contributed by atoms with Gasteiger partial charge >= 0.3 is 11.9 Å². The largest absolute Gasteiger partial charge is 0.492 e. The van der Waals surface area contributed by atoms with Gasteiger partial charge in [0.15, 0.2) is 4.90 Å². The van der Waals surface area contributed by atoms with Crippen LogP contribution in [0.4, 0.5) is 0 Å². The zero-order valence-corrected chi connectivity index (χ0v) is 21.1. The fourth-order valence-corrected chi connectivity index (χ4v) is 4.21. The lowest BCUT2D eigenvalue weighted by Gasteiger charge is -2.07. The summed E-state index contributed by atoms with van der Waals surface area (Å²) < 4.78 is 36.7. The fourth-order valence-electron chi connectivity index (χ4n) is 3.64. The van der Waals surface area contributed by atoms with Crippen LogP contribution in [0.25, 0.3) is 0 Å². The second-order valence-corrected chi connectivity index (χ2v) is 9.99. The van der Waals surface area contributed by atoms with E-state index in [4.69, 9.17) is 14.1 Å². The summed E-state index contributed by atoms with van der Waals surface area (Å²) in [6, 6.07) is 10.2. The standard InChI is InChI=1S/C25H35NO9S/c27-22-18-21(36(31,32)33)25(30)26(22)35-24(29)17-13-8-6-4-2-1-3-5-7-12-16-23(28)34-19-20-14-10-9-11-15-20/h9-11,14-15,18,27,30H,1-8,12-13,16-17,19H2,(H,31,32,33). The van der Waals surface area contributed by atoms with E-state index in [-0.39, 0.29) is 17.1 Å². The van der Waals surface area contributed by atoms with Gasteiger partial charge in [0.25, 0.3) is 16.0 Å². The number of esters is 1. The Labute approximate surface area is 211 Å². The van der Waals surface area contributed by atoms with Gasteiger partial charge in [-0.15, -0.1) is 4.73 Å². The Balaban J connectivity index is 1.43. The third kappa shape index (κ3) is 10.7. The van der Waals surface area contributed by atoms with Gasteiger partial charge in [-0.2, -0.15) is 8.42 Å². The quantitative estimate of drug-likeness (QED) is 0.154. The van der Waals surface area contributed by atoms with E-state index in [1.807, 2.05) is 30.3 Å². The summed E-state index contributed by atoms with van der Waals surface area (Å²) in [5.74, 6) is -2.81. The smallest absolute Gasteiger partial charge is 0.333 e. The van der Waals surface area contributed by atoms with Crippen molar-refractivity contribution in [3.05, 3.63) is 42.0 Å². The fraction of sp³-hybridized carbons (Fsp3) is 0.520. The van der Waals surface area contributed by atoms with E-state index in [9.17, 15) is 28.2 Å². The maximum absolute atomic E-state index is 11.9. The van der Waals surface area contributed by atoms with Crippen LogP contribution in [0.2, 0.25) is 0 Å². The maximum atomic E-state index is 11.9. The Bertz CT molecular complexity index is 1060. The Kier molecular flexibility index (Phi) is 12.3. The summed E-state index contributed by atoms with van der Waals surface area (Å²) in [4.78, 5) is 27.5. The van der Waals surface area contributed by atoms with Crippen LogP contribution < -0.4 is 4.84 Å². The predicted molar refractivity (Wildman–Crippen MR) is 131 cm³/mol. The molecular weight excluding hydrogens is 490 g/mol. The number of nitrogens with zero attached hydrogens (tertiary/aromatic N) is 1. The van der Waals surface area contributed by atoms with Crippen molar-refractivity contribution in [1.82, 2.24) is 4.73 Å². The molecule has 0 saturated heterocycles. The van der Waals surface area contributed by atoms with E-state index in [2.05, 4.69) is 0 Å². The highest BCUT2D eigenvalue weighted by Crippen LogP contribution is 2.30. The van der Waals surface area contributed by atoms with Crippen molar-refractivity contribution in [3.8, 4) is 11.8 Å². The number of carbonyl (C=O) groups is 2. The molecule has 2 aromatic rings. The lowest BCUT2D eigenvalue weighted by atomic mass is 10.1. The number of carbonyl (C=O) groups excluding carboxylic acids is 2. The van der Waals surface area contributed by atoms with E-state index in [1.165, 1.54) is 0 Å². The molecule has 10 nitrogen and oxygen atoms in total. The lowest BCUT2D eigenvalue weighted by molar-refractivity contribution is -0.146. The van der Waals surface area contributed by atoms with Gasteiger partial charge in [0, 0.05) is 18.9 Å². The van der Waals surface area contributed by atoms with E-state index < -0.39 is 32.7 Å². The second kappa shape index (κ2) is 15.1. The molecule has 0 bridgehead atoms. The molecule has 1 aromatic carbocycles. The van der Waals surface area contributed by atoms with Gasteiger partial charge in [-0.25, -0.2) is 4.79 Å². The van der Waals surface area contributed by atoms with Crippen molar-refractivity contribution in [1.29, 1.82) is 0 Å². The minimum atomic E-state index is -4.77. The van der Waals surface area contributed by atoms with Crippen LogP contribution in [0.1, 0.15) is 82.6 Å². The highest BCUT2D eigenvalue weighted by atomic mass is 32.2. The highest BCUT2D eigenvalue weighted by molar-refractivity contribution is 7.86. The molecule has 0 unspecified atom stereocenters. The average molecular weight is 526 g/mol. The molecule has 0 fully saturated rings. The van der Waals surface area contributed by atoms with Gasteiger partial charge in [0.1, 0.15) is 6.61 Å². The van der Waals surface area contributed by atoms with Crippen LogP contribution >= 0.6 is 0 Å². The lowest BCUT2D eigenvalue weighted by Crippen LogP contribution is -2.18. The number of aromatic hydroxyl groups is 2. The summed E-state index contributed by atoms with van der Waals surface area (Å²) in [5, 5.41) is 19.3. The molecule has 11 heteroatoms. The minimum Gasteiger partial charge on any atom is -0.492 e. The number of unbranched alkanes of at least 4 members (excludes halogenated alkanes) is 9. The summed E-state index contributed by atoms with van der Waals surface area (Å²) in [5.41, 5.74) is 0.986. The van der Waals surface area contributed by atoms with Crippen LogP contribution in [0.5, 0.6) is 11.8 Å². The van der Waals surface area contributed by atoms with Crippen molar-refractivity contribution in [2.75, 3.05) is 0 Å². The number of ether oxygens (including phenoxy) is 1. The Morgan fingerprint density at radius 3 is 1.78 bits per heavy atom. The molecule has 2 rings (SSSR count). The van der Waals surface area contributed by atoms with Crippen molar-refractivity contribution >= 4 is 22.1 Å². The van der Waals surface area contributed by atoms with E-state index in [1.54, 1.807) is 0 Å². The maximum Gasteiger partial charge on any atom is 0.333 e. The first-order valence-corrected chi connectivity index (χ1v) is 13.6. The molecule has 0 aliphatic carbocycles. The zero-order chi connectivity index (χ0) is 26.4. The molecule has 0 amide bonds. The predicted octanol–water partition coefficient (Wildman–Crippen LogP) is 4.53. The third-order valence-corrected chi connectivity index (χ3v) is 6.46. The van der Waals surface area contributed by atoms with Gasteiger partial charge in [-0.05, 0) is 18.4 Å². The van der Waals surface area contributed by atoms with Gasteiger partial charge in [-0.3, -0.25) is 9.35 Å². The van der Waals surface area contributed by atoms with Crippen LogP contribution in [-0.2, 0) is 31.1 Å². The summed E-state index contributed by atoms with van der Waals surface area (Å²) in [7, 11) is -4.77. The van der Waals surface area contributed by atoms with Crippen molar-refractivity contribution in [3.63, 3.8) is 0 Å². The summed E-state index contributed by atoms with van der Waals surface area (Å²) >= 11 is 0. The monoisotopic (exact) mass is 525 g/mol. The number of benzene rings is 1. The normalized spacial score (nSPS) is 11.4.